The lowest BCUT2D eigenvalue weighted by Gasteiger charge is -2.28. The molecule has 0 bridgehead atoms. The zero-order valence-corrected chi connectivity index (χ0v) is 21.2. The Bertz CT molecular complexity index is 1230. The molecule has 1 heterocycles. The highest BCUT2D eigenvalue weighted by atomic mass is 19.2. The Hall–Kier alpha value is -2.96. The summed E-state index contributed by atoms with van der Waals surface area (Å²) in [6.45, 7) is 4.39. The predicted octanol–water partition coefficient (Wildman–Crippen LogP) is 8.73. The Morgan fingerprint density at radius 3 is 1.92 bits per heavy atom. The molecule has 0 saturated carbocycles. The first-order valence-corrected chi connectivity index (χ1v) is 12.9. The fourth-order valence-electron chi connectivity index (χ4n) is 4.65. The van der Waals surface area contributed by atoms with Gasteiger partial charge in [-0.25, -0.2) is 17.6 Å². The second kappa shape index (κ2) is 12.5. The van der Waals surface area contributed by atoms with Gasteiger partial charge in [0, 0.05) is 17.0 Å². The van der Waals surface area contributed by atoms with Gasteiger partial charge in [-0.05, 0) is 48.1 Å². The lowest BCUT2D eigenvalue weighted by Crippen LogP contribution is -2.30. The Labute approximate surface area is 215 Å². The van der Waals surface area contributed by atoms with Crippen LogP contribution in [0.5, 0.6) is 0 Å². The van der Waals surface area contributed by atoms with E-state index < -0.39 is 35.5 Å². The van der Waals surface area contributed by atoms with Crippen LogP contribution >= 0.6 is 0 Å². The minimum absolute atomic E-state index is 0.0892. The number of ether oxygens (including phenoxy) is 2. The highest BCUT2D eigenvalue weighted by Crippen LogP contribution is 2.34. The molecule has 6 heteroatoms. The van der Waals surface area contributed by atoms with E-state index in [4.69, 9.17) is 9.47 Å². The third-order valence-corrected chi connectivity index (χ3v) is 6.79. The van der Waals surface area contributed by atoms with Crippen molar-refractivity contribution in [3.8, 4) is 22.3 Å². The van der Waals surface area contributed by atoms with E-state index in [-0.39, 0.29) is 29.9 Å². The summed E-state index contributed by atoms with van der Waals surface area (Å²) in [4.78, 5) is 0. The minimum Gasteiger partial charge on any atom is -0.348 e. The first kappa shape index (κ1) is 27.1. The third-order valence-electron chi connectivity index (χ3n) is 6.79. The molecule has 0 aliphatic carbocycles. The Balaban J connectivity index is 1.50. The van der Waals surface area contributed by atoms with E-state index in [1.54, 1.807) is 54.6 Å². The summed E-state index contributed by atoms with van der Waals surface area (Å²) in [7, 11) is 0. The fraction of sp³-hybridized carbons (Fsp3) is 0.355. The SMILES string of the molecule is C/C=C/C1OCC(c2ccc(-c3ccc(-c4ccc(CCCCCC)c(F)c4F)cc3)c(F)c2F)CO1. The second-order valence-electron chi connectivity index (χ2n) is 9.38. The monoisotopic (exact) mass is 512 g/mol. The number of halogens is 4. The molecule has 1 aliphatic heterocycles. The highest BCUT2D eigenvalue weighted by Gasteiger charge is 2.27. The molecule has 2 nitrogen and oxygen atoms in total. The van der Waals surface area contributed by atoms with E-state index in [1.165, 1.54) is 6.07 Å². The largest absolute Gasteiger partial charge is 0.348 e. The summed E-state index contributed by atoms with van der Waals surface area (Å²) >= 11 is 0. The number of benzene rings is 3. The lowest BCUT2D eigenvalue weighted by atomic mass is 9.94. The highest BCUT2D eigenvalue weighted by molar-refractivity contribution is 5.71. The molecule has 3 aromatic rings. The zero-order valence-electron chi connectivity index (χ0n) is 21.2. The summed E-state index contributed by atoms with van der Waals surface area (Å²) in [5.41, 5.74) is 1.69. The molecule has 37 heavy (non-hydrogen) atoms. The number of allylic oxidation sites excluding steroid dienone is 1. The molecule has 0 radical (unpaired) electrons. The Kier molecular flexibility index (Phi) is 9.17. The standard InChI is InChI=1S/C31H32F4O2/c1-3-5-6-7-9-22-14-15-24(29(33)28(22)32)20-10-12-21(13-11-20)25-16-17-26(31(35)30(25)34)23-18-36-27(8-4-2)37-19-23/h4,8,10-17,23,27H,3,5-7,9,18-19H2,1-2H3/b8-4+. The average Bonchev–Trinajstić information content (AvgIpc) is 2.91. The van der Waals surface area contributed by atoms with E-state index in [0.717, 1.165) is 25.7 Å². The van der Waals surface area contributed by atoms with E-state index >= 15 is 4.39 Å². The number of hydrogen-bond donors (Lipinski definition) is 0. The van der Waals surface area contributed by atoms with Crippen molar-refractivity contribution in [2.24, 2.45) is 0 Å². The maximum absolute atomic E-state index is 15.1. The Morgan fingerprint density at radius 2 is 1.32 bits per heavy atom. The maximum atomic E-state index is 15.1. The molecule has 0 aromatic heterocycles. The van der Waals surface area contributed by atoms with Crippen molar-refractivity contribution in [2.45, 2.75) is 58.2 Å². The smallest absolute Gasteiger partial charge is 0.176 e. The van der Waals surface area contributed by atoms with Crippen LogP contribution in [0.1, 0.15) is 56.6 Å². The van der Waals surface area contributed by atoms with E-state index in [0.29, 0.717) is 23.1 Å². The fourth-order valence-corrected chi connectivity index (χ4v) is 4.65. The van der Waals surface area contributed by atoms with Crippen molar-refractivity contribution in [3.63, 3.8) is 0 Å². The van der Waals surface area contributed by atoms with Gasteiger partial charge in [-0.2, -0.15) is 0 Å². The average molecular weight is 513 g/mol. The second-order valence-corrected chi connectivity index (χ2v) is 9.38. The van der Waals surface area contributed by atoms with Gasteiger partial charge < -0.3 is 9.47 Å². The number of unbranched alkanes of at least 4 members (excludes halogenated alkanes) is 3. The van der Waals surface area contributed by atoms with Crippen LogP contribution in [0.25, 0.3) is 22.3 Å². The molecule has 1 aliphatic rings. The zero-order chi connectivity index (χ0) is 26.4. The summed E-state index contributed by atoms with van der Waals surface area (Å²) in [6, 6.07) is 12.6. The van der Waals surface area contributed by atoms with Gasteiger partial charge in [-0.3, -0.25) is 0 Å². The molecule has 4 rings (SSSR count). The van der Waals surface area contributed by atoms with Gasteiger partial charge in [-0.15, -0.1) is 0 Å². The molecular weight excluding hydrogens is 480 g/mol. The molecule has 3 aromatic carbocycles. The Morgan fingerprint density at radius 1 is 0.730 bits per heavy atom. The van der Waals surface area contributed by atoms with Crippen LogP contribution in [-0.4, -0.2) is 19.5 Å². The quantitative estimate of drug-likeness (QED) is 0.162. The van der Waals surface area contributed by atoms with Crippen LogP contribution in [0, 0.1) is 23.3 Å². The first-order chi connectivity index (χ1) is 17.9. The molecule has 0 N–H and O–H groups in total. The van der Waals surface area contributed by atoms with Crippen LogP contribution in [-0.2, 0) is 15.9 Å². The van der Waals surface area contributed by atoms with Crippen molar-refractivity contribution in [1.29, 1.82) is 0 Å². The molecule has 0 atom stereocenters. The lowest BCUT2D eigenvalue weighted by molar-refractivity contribution is -0.159. The third kappa shape index (κ3) is 6.13. The van der Waals surface area contributed by atoms with Crippen LogP contribution in [0.2, 0.25) is 0 Å². The molecule has 1 saturated heterocycles. The van der Waals surface area contributed by atoms with Crippen molar-refractivity contribution in [1.82, 2.24) is 0 Å². The van der Waals surface area contributed by atoms with Gasteiger partial charge in [0.15, 0.2) is 29.6 Å². The molecular formula is C31H32F4O2. The first-order valence-electron chi connectivity index (χ1n) is 12.9. The van der Waals surface area contributed by atoms with Gasteiger partial charge in [0.2, 0.25) is 0 Å². The van der Waals surface area contributed by atoms with Crippen LogP contribution < -0.4 is 0 Å². The van der Waals surface area contributed by atoms with Crippen LogP contribution in [0.15, 0.2) is 60.7 Å². The number of aryl methyl sites for hydroxylation is 1. The summed E-state index contributed by atoms with van der Waals surface area (Å²) < 4.78 is 70.7. The van der Waals surface area contributed by atoms with Gasteiger partial charge in [0.05, 0.1) is 13.2 Å². The number of rotatable bonds is 9. The minimum atomic E-state index is -0.967. The normalized spacial score (nSPS) is 18.0. The van der Waals surface area contributed by atoms with E-state index in [9.17, 15) is 13.2 Å². The van der Waals surface area contributed by atoms with Gasteiger partial charge >= 0.3 is 0 Å². The maximum Gasteiger partial charge on any atom is 0.176 e. The summed E-state index contributed by atoms with van der Waals surface area (Å²) in [5.74, 6) is -4.04. The van der Waals surface area contributed by atoms with Crippen LogP contribution in [0.4, 0.5) is 17.6 Å². The molecule has 0 amide bonds. The van der Waals surface area contributed by atoms with E-state index in [2.05, 4.69) is 6.92 Å². The summed E-state index contributed by atoms with van der Waals surface area (Å²) in [6.07, 6.45) is 7.53. The molecule has 0 spiro atoms. The topological polar surface area (TPSA) is 18.5 Å². The van der Waals surface area contributed by atoms with Crippen molar-refractivity contribution in [2.75, 3.05) is 13.2 Å². The van der Waals surface area contributed by atoms with E-state index in [1.807, 2.05) is 6.92 Å². The van der Waals surface area contributed by atoms with Crippen molar-refractivity contribution < 1.29 is 27.0 Å². The molecule has 0 unspecified atom stereocenters. The summed E-state index contributed by atoms with van der Waals surface area (Å²) in [5, 5.41) is 0. The van der Waals surface area contributed by atoms with Gasteiger partial charge in [0.25, 0.3) is 0 Å². The van der Waals surface area contributed by atoms with Crippen LogP contribution in [0.3, 0.4) is 0 Å². The van der Waals surface area contributed by atoms with Crippen molar-refractivity contribution >= 4 is 0 Å². The molecule has 196 valence electrons. The number of hydrogen-bond acceptors (Lipinski definition) is 2. The van der Waals surface area contributed by atoms with Crippen molar-refractivity contribution in [3.05, 3.63) is 95.1 Å². The predicted molar refractivity (Wildman–Crippen MR) is 138 cm³/mol. The van der Waals surface area contributed by atoms with Gasteiger partial charge in [0.1, 0.15) is 0 Å². The van der Waals surface area contributed by atoms with Gasteiger partial charge in [-0.1, -0.05) is 80.8 Å². The molecule has 1 fully saturated rings.